The topological polar surface area (TPSA) is 73.8 Å². The molecular weight excluding hydrogens is 541 g/mol. The molecule has 0 fully saturated rings. The van der Waals surface area contributed by atoms with E-state index in [1.165, 1.54) is 27.8 Å². The van der Waals surface area contributed by atoms with E-state index in [9.17, 15) is 13.2 Å². The minimum atomic E-state index is -3.73. The fourth-order valence-corrected chi connectivity index (χ4v) is 7.25. The van der Waals surface area contributed by atoms with Gasteiger partial charge in [0.1, 0.15) is 0 Å². The van der Waals surface area contributed by atoms with Crippen molar-refractivity contribution in [2.75, 3.05) is 37.6 Å². The van der Waals surface area contributed by atoms with Gasteiger partial charge >= 0.3 is 0 Å². The Balaban J connectivity index is 1.63. The van der Waals surface area contributed by atoms with Crippen molar-refractivity contribution in [3.05, 3.63) is 89.0 Å². The van der Waals surface area contributed by atoms with Crippen LogP contribution in [0.2, 0.25) is 0 Å². The van der Waals surface area contributed by atoms with Gasteiger partial charge < -0.3 is 4.90 Å². The number of aromatic nitrogens is 1. The second kappa shape index (κ2) is 13.0. The molecule has 1 amide bonds. The fourth-order valence-electron chi connectivity index (χ4n) is 4.77. The molecule has 0 atom stereocenters. The number of benzene rings is 3. The van der Waals surface area contributed by atoms with Crippen molar-refractivity contribution in [3.8, 4) is 0 Å². The molecular formula is C31H38N4O3S2. The predicted molar refractivity (Wildman–Crippen MR) is 165 cm³/mol. The number of anilines is 1. The smallest absolute Gasteiger partial charge is 0.260 e. The molecule has 0 unspecified atom stereocenters. The molecule has 9 heteroatoms. The lowest BCUT2D eigenvalue weighted by Crippen LogP contribution is -2.39. The Morgan fingerprint density at radius 1 is 0.875 bits per heavy atom. The number of hydrogen-bond acceptors (Lipinski definition) is 6. The summed E-state index contributed by atoms with van der Waals surface area (Å²) in [5, 5.41) is 0.651. The van der Waals surface area contributed by atoms with E-state index in [1.807, 2.05) is 50.2 Å². The molecule has 0 spiro atoms. The fraction of sp³-hybridized carbons (Fsp3) is 0.355. The highest BCUT2D eigenvalue weighted by Gasteiger charge is 2.26. The van der Waals surface area contributed by atoms with E-state index in [-0.39, 0.29) is 17.3 Å². The molecule has 0 saturated carbocycles. The molecule has 0 radical (unpaired) electrons. The SMILES string of the molecule is CCN(CC)CCN(C(=O)c1ccc(S(=O)(=O)N(CC)Cc2ccccc2)cc1)c1nc2cc(C)cc(C)c2s1. The monoisotopic (exact) mass is 578 g/mol. The van der Waals surface area contributed by atoms with E-state index < -0.39 is 10.0 Å². The Morgan fingerprint density at radius 3 is 2.17 bits per heavy atom. The van der Waals surface area contributed by atoms with Crippen LogP contribution in [0.4, 0.5) is 5.13 Å². The molecule has 0 aliphatic heterocycles. The van der Waals surface area contributed by atoms with Gasteiger partial charge in [0.15, 0.2) is 5.13 Å². The van der Waals surface area contributed by atoms with Crippen molar-refractivity contribution in [1.82, 2.24) is 14.2 Å². The molecule has 4 aromatic rings. The highest BCUT2D eigenvalue weighted by Crippen LogP contribution is 2.33. The zero-order valence-electron chi connectivity index (χ0n) is 23.9. The highest BCUT2D eigenvalue weighted by molar-refractivity contribution is 7.89. The summed E-state index contributed by atoms with van der Waals surface area (Å²) in [7, 11) is -3.73. The van der Waals surface area contributed by atoms with Crippen LogP contribution in [0, 0.1) is 13.8 Å². The summed E-state index contributed by atoms with van der Waals surface area (Å²) >= 11 is 1.52. The third kappa shape index (κ3) is 6.61. The average Bonchev–Trinajstić information content (AvgIpc) is 3.38. The number of likely N-dealkylation sites (N-methyl/N-ethyl adjacent to an activating group) is 1. The van der Waals surface area contributed by atoms with Gasteiger partial charge in [0.25, 0.3) is 5.91 Å². The van der Waals surface area contributed by atoms with E-state index >= 15 is 0 Å². The number of nitrogens with zero attached hydrogens (tertiary/aromatic N) is 4. The van der Waals surface area contributed by atoms with Gasteiger partial charge in [-0.2, -0.15) is 4.31 Å². The van der Waals surface area contributed by atoms with Gasteiger partial charge in [-0.3, -0.25) is 9.69 Å². The van der Waals surface area contributed by atoms with Crippen molar-refractivity contribution < 1.29 is 13.2 Å². The van der Waals surface area contributed by atoms with E-state index in [0.717, 1.165) is 40.0 Å². The molecule has 0 aliphatic carbocycles. The van der Waals surface area contributed by atoms with Gasteiger partial charge in [0.05, 0.1) is 15.1 Å². The summed E-state index contributed by atoms with van der Waals surface area (Å²) in [6, 6.07) is 20.0. The number of carbonyl (C=O) groups excluding carboxylic acids is 1. The van der Waals surface area contributed by atoms with E-state index in [2.05, 4.69) is 31.7 Å². The Bertz CT molecular complexity index is 1550. The van der Waals surface area contributed by atoms with Crippen LogP contribution < -0.4 is 4.90 Å². The van der Waals surface area contributed by atoms with Crippen molar-refractivity contribution >= 4 is 42.6 Å². The maximum atomic E-state index is 13.9. The number of sulfonamides is 1. The second-order valence-corrected chi connectivity index (χ2v) is 12.8. The quantitative estimate of drug-likeness (QED) is 0.203. The third-order valence-corrected chi connectivity index (χ3v) is 10.3. The number of amides is 1. The first kappa shape index (κ1) is 29.9. The minimum absolute atomic E-state index is 0.169. The molecule has 212 valence electrons. The van der Waals surface area contributed by atoms with Crippen LogP contribution in [0.25, 0.3) is 10.2 Å². The van der Waals surface area contributed by atoms with Crippen LogP contribution in [0.5, 0.6) is 0 Å². The first-order valence-electron chi connectivity index (χ1n) is 13.7. The van der Waals surface area contributed by atoms with Gasteiger partial charge in [-0.1, -0.05) is 68.5 Å². The lowest BCUT2D eigenvalue weighted by atomic mass is 10.1. The van der Waals surface area contributed by atoms with Crippen LogP contribution in [0.1, 0.15) is 47.8 Å². The molecule has 1 heterocycles. The van der Waals surface area contributed by atoms with Gasteiger partial charge in [-0.25, -0.2) is 13.4 Å². The lowest BCUT2D eigenvalue weighted by molar-refractivity contribution is 0.0983. The summed E-state index contributed by atoms with van der Waals surface area (Å²) < 4.78 is 29.4. The lowest BCUT2D eigenvalue weighted by Gasteiger charge is -2.25. The summed E-state index contributed by atoms with van der Waals surface area (Å²) in [4.78, 5) is 22.9. The molecule has 3 aromatic carbocycles. The van der Waals surface area contributed by atoms with Gasteiger partial charge in [0, 0.05) is 31.7 Å². The minimum Gasteiger partial charge on any atom is -0.302 e. The number of rotatable bonds is 12. The molecule has 0 aliphatic rings. The Hall–Kier alpha value is -3.11. The molecule has 0 N–H and O–H groups in total. The van der Waals surface area contributed by atoms with Crippen molar-refractivity contribution in [2.45, 2.75) is 46.1 Å². The number of fused-ring (bicyclic) bond motifs is 1. The molecule has 0 saturated heterocycles. The number of hydrogen-bond donors (Lipinski definition) is 0. The van der Waals surface area contributed by atoms with Crippen molar-refractivity contribution in [1.29, 1.82) is 0 Å². The zero-order valence-corrected chi connectivity index (χ0v) is 25.6. The zero-order chi connectivity index (χ0) is 28.9. The Labute approximate surface area is 242 Å². The van der Waals surface area contributed by atoms with Crippen molar-refractivity contribution in [2.24, 2.45) is 0 Å². The maximum absolute atomic E-state index is 13.9. The predicted octanol–water partition coefficient (Wildman–Crippen LogP) is 6.11. The number of aryl methyl sites for hydroxylation is 2. The van der Waals surface area contributed by atoms with Crippen LogP contribution in [0.15, 0.2) is 71.6 Å². The summed E-state index contributed by atoms with van der Waals surface area (Å²) in [6.45, 7) is 13.8. The van der Waals surface area contributed by atoms with Crippen LogP contribution >= 0.6 is 11.3 Å². The first-order chi connectivity index (χ1) is 19.2. The molecule has 7 nitrogen and oxygen atoms in total. The standard InChI is InChI=1S/C31H38N4O3S2/c1-6-33(7-2)18-19-35(31-32-28-21-23(4)20-24(5)29(28)39-31)30(36)26-14-16-27(17-15-26)40(37,38)34(8-3)22-25-12-10-9-11-13-25/h9-17,20-21H,6-8,18-19,22H2,1-5H3. The van der Waals surface area contributed by atoms with Gasteiger partial charge in [-0.05, 0) is 74.0 Å². The van der Waals surface area contributed by atoms with E-state index in [4.69, 9.17) is 4.98 Å². The second-order valence-electron chi connectivity index (χ2n) is 9.85. The largest absolute Gasteiger partial charge is 0.302 e. The summed E-state index contributed by atoms with van der Waals surface area (Å²) in [6.07, 6.45) is 0. The maximum Gasteiger partial charge on any atom is 0.260 e. The molecule has 1 aromatic heterocycles. The third-order valence-electron chi connectivity index (χ3n) is 7.11. The van der Waals surface area contributed by atoms with E-state index in [1.54, 1.807) is 17.0 Å². The number of carbonyl (C=O) groups is 1. The van der Waals surface area contributed by atoms with Crippen LogP contribution in [-0.2, 0) is 16.6 Å². The van der Waals surface area contributed by atoms with E-state index in [0.29, 0.717) is 30.3 Å². The molecule has 4 rings (SSSR count). The van der Waals surface area contributed by atoms with Gasteiger partial charge in [0.2, 0.25) is 10.0 Å². The first-order valence-corrected chi connectivity index (χ1v) is 16.0. The van der Waals surface area contributed by atoms with Crippen molar-refractivity contribution in [3.63, 3.8) is 0 Å². The Morgan fingerprint density at radius 2 is 1.55 bits per heavy atom. The highest BCUT2D eigenvalue weighted by atomic mass is 32.2. The Kier molecular flexibility index (Phi) is 9.73. The summed E-state index contributed by atoms with van der Waals surface area (Å²) in [5.41, 5.74) is 4.51. The number of thiazole rings is 1. The molecule has 40 heavy (non-hydrogen) atoms. The molecule has 0 bridgehead atoms. The summed E-state index contributed by atoms with van der Waals surface area (Å²) in [5.74, 6) is -0.193. The van der Waals surface area contributed by atoms with Gasteiger partial charge in [-0.15, -0.1) is 0 Å². The van der Waals surface area contributed by atoms with Crippen LogP contribution in [0.3, 0.4) is 0 Å². The normalized spacial score (nSPS) is 12.0. The van der Waals surface area contributed by atoms with Crippen LogP contribution in [-0.4, -0.2) is 61.2 Å². The average molecular weight is 579 g/mol.